The number of fused-ring (bicyclic) bond motifs is 13. The molecule has 0 amide bonds. The summed E-state index contributed by atoms with van der Waals surface area (Å²) >= 11 is 0. The van der Waals surface area contributed by atoms with Gasteiger partial charge in [-0.05, 0) is 198 Å². The maximum Gasteiger partial charge on any atom is 0.197 e. The minimum atomic E-state index is -0.216. The molecular formula is C74H71BN3. The predicted octanol–water partition coefficient (Wildman–Crippen LogP) is 18.5. The molecule has 1 aromatic heterocycles. The topological polar surface area (TPSA) is 20.2 Å². The number of hydrogen-bond acceptors (Lipinski definition) is 2. The standard InChI is InChI=1S/C74H71BN3/c1-70(2,3)45-27-30-47(31-28-45)76-62-43-58-52(53-41-59-60(42-57(53)74(58,11)12)73(9,10)36-35-72(59,7)8)40-54(62)66-56-37-44-21-19-20-26-51(44)65(56)67-55-38-46(71(4,5)6)29-34-63(55)78-64-39-50(32-33-61(64)75-68(66)69(67)78)77(48-22-15-13-16-23-48)49-24-17-14-18-25-49/h13-34,38-43,76H,35-37H2,1-12H3. The molecule has 4 heteroatoms. The van der Waals surface area contributed by atoms with Crippen LogP contribution in [-0.2, 0) is 33.5 Å². The number of rotatable bonds is 6. The molecule has 4 aliphatic rings. The lowest BCUT2D eigenvalue weighted by Crippen LogP contribution is -2.38. The summed E-state index contributed by atoms with van der Waals surface area (Å²) in [6, 6.07) is 65.0. The Morgan fingerprint density at radius 3 is 1.78 bits per heavy atom. The fraction of sp³-hybridized carbons (Fsp3) is 0.270. The zero-order valence-corrected chi connectivity index (χ0v) is 47.8. The van der Waals surface area contributed by atoms with E-state index in [9.17, 15) is 0 Å². The van der Waals surface area contributed by atoms with Gasteiger partial charge in [0, 0.05) is 61.4 Å². The molecule has 14 rings (SSSR count). The Morgan fingerprint density at radius 1 is 0.513 bits per heavy atom. The summed E-state index contributed by atoms with van der Waals surface area (Å²) in [5, 5.41) is 6.82. The maximum absolute atomic E-state index is 4.16. The lowest BCUT2D eigenvalue weighted by atomic mass is 9.58. The average Bonchev–Trinajstić information content (AvgIpc) is 3.04. The van der Waals surface area contributed by atoms with Crippen LogP contribution in [0.3, 0.4) is 0 Å². The Bertz CT molecular complexity index is 4100. The Hall–Kier alpha value is -7.56. The quantitative estimate of drug-likeness (QED) is 0.168. The Balaban J connectivity index is 1.10. The smallest absolute Gasteiger partial charge is 0.197 e. The van der Waals surface area contributed by atoms with Crippen LogP contribution < -0.4 is 21.1 Å². The van der Waals surface area contributed by atoms with E-state index in [0.29, 0.717) is 0 Å². The Morgan fingerprint density at radius 2 is 1.12 bits per heavy atom. The summed E-state index contributed by atoms with van der Waals surface area (Å²) < 4.78 is 2.64. The summed E-state index contributed by atoms with van der Waals surface area (Å²) in [5.41, 5.74) is 31.1. The molecule has 10 aromatic rings. The minimum absolute atomic E-state index is 0.0416. The van der Waals surface area contributed by atoms with Crippen molar-refractivity contribution in [3.63, 3.8) is 0 Å². The van der Waals surface area contributed by atoms with Gasteiger partial charge in [-0.2, -0.15) is 0 Å². The van der Waals surface area contributed by atoms with Crippen LogP contribution in [0.25, 0.3) is 60.9 Å². The third-order valence-electron chi connectivity index (χ3n) is 18.8. The monoisotopic (exact) mass is 1010 g/mol. The molecule has 0 bridgehead atoms. The summed E-state index contributed by atoms with van der Waals surface area (Å²) in [6.45, 7) is 28.8. The van der Waals surface area contributed by atoms with Crippen molar-refractivity contribution in [2.45, 2.75) is 129 Å². The SMILES string of the molecule is CC(C)(C)c1ccc(Nc2cc3c(cc2-c2c4c(c5c6cc(C(C)(C)C)ccc6n6c5c2[B]c2ccc(N(c5ccccc5)c5ccccc5)cc2-6)-c2ccccc2C4)-c2cc4c(cc2C3(C)C)C(C)(C)CCC4(C)C)cc1. The molecule has 0 atom stereocenters. The fourth-order valence-electron chi connectivity index (χ4n) is 14.2. The highest BCUT2D eigenvalue weighted by Crippen LogP contribution is 2.58. The predicted molar refractivity (Wildman–Crippen MR) is 334 cm³/mol. The van der Waals surface area contributed by atoms with Crippen molar-refractivity contribution in [3.8, 4) is 39.1 Å². The number of para-hydroxylation sites is 2. The van der Waals surface area contributed by atoms with E-state index < -0.39 is 0 Å². The number of aromatic nitrogens is 1. The number of nitrogens with zero attached hydrogens (tertiary/aromatic N) is 2. The van der Waals surface area contributed by atoms with E-state index in [-0.39, 0.29) is 27.1 Å². The molecule has 78 heavy (non-hydrogen) atoms. The molecular weight excluding hydrogens is 942 g/mol. The molecule has 1 radical (unpaired) electrons. The molecule has 0 fully saturated rings. The van der Waals surface area contributed by atoms with Crippen molar-refractivity contribution in [2.24, 2.45) is 0 Å². The van der Waals surface area contributed by atoms with Crippen LogP contribution in [0.15, 0.2) is 170 Å². The van der Waals surface area contributed by atoms with Crippen molar-refractivity contribution in [1.82, 2.24) is 4.57 Å². The lowest BCUT2D eigenvalue weighted by Gasteiger charge is -2.42. The van der Waals surface area contributed by atoms with Crippen LogP contribution in [0.2, 0.25) is 0 Å². The number of benzene rings is 9. The molecule has 1 N–H and O–H groups in total. The fourth-order valence-corrected chi connectivity index (χ4v) is 14.2. The van der Waals surface area contributed by atoms with Crippen LogP contribution in [0, 0.1) is 0 Å². The largest absolute Gasteiger partial charge is 0.355 e. The van der Waals surface area contributed by atoms with E-state index in [4.69, 9.17) is 0 Å². The highest BCUT2D eigenvalue weighted by Gasteiger charge is 2.44. The van der Waals surface area contributed by atoms with Crippen molar-refractivity contribution < 1.29 is 0 Å². The van der Waals surface area contributed by atoms with Gasteiger partial charge in [-0.15, -0.1) is 0 Å². The number of nitrogens with one attached hydrogen (secondary N) is 1. The van der Waals surface area contributed by atoms with E-state index >= 15 is 0 Å². The normalized spacial score (nSPS) is 15.9. The van der Waals surface area contributed by atoms with Gasteiger partial charge in [0.05, 0.1) is 5.52 Å². The van der Waals surface area contributed by atoms with Crippen LogP contribution in [0.1, 0.15) is 140 Å². The van der Waals surface area contributed by atoms with Gasteiger partial charge >= 0.3 is 0 Å². The lowest BCUT2D eigenvalue weighted by molar-refractivity contribution is 0.331. The second-order valence-electron chi connectivity index (χ2n) is 27.1. The van der Waals surface area contributed by atoms with E-state index in [2.05, 4.69) is 275 Å². The van der Waals surface area contributed by atoms with Crippen LogP contribution >= 0.6 is 0 Å². The third-order valence-corrected chi connectivity index (χ3v) is 18.8. The Labute approximate surface area is 463 Å². The van der Waals surface area contributed by atoms with Crippen LogP contribution in [0.4, 0.5) is 28.4 Å². The van der Waals surface area contributed by atoms with E-state index in [1.54, 1.807) is 0 Å². The van der Waals surface area contributed by atoms with Gasteiger partial charge in [0.25, 0.3) is 0 Å². The first-order chi connectivity index (χ1) is 37.2. The molecule has 3 aliphatic carbocycles. The summed E-state index contributed by atoms with van der Waals surface area (Å²) in [4.78, 5) is 2.40. The van der Waals surface area contributed by atoms with Gasteiger partial charge in [0.2, 0.25) is 0 Å². The molecule has 0 spiro atoms. The van der Waals surface area contributed by atoms with Crippen molar-refractivity contribution in [2.75, 3.05) is 10.2 Å². The van der Waals surface area contributed by atoms with Gasteiger partial charge < -0.3 is 14.8 Å². The first-order valence-corrected chi connectivity index (χ1v) is 28.6. The summed E-state index contributed by atoms with van der Waals surface area (Å²) in [7, 11) is 2.55. The van der Waals surface area contributed by atoms with Crippen molar-refractivity contribution in [1.29, 1.82) is 0 Å². The summed E-state index contributed by atoms with van der Waals surface area (Å²) in [6.07, 6.45) is 3.23. The first kappa shape index (κ1) is 48.8. The summed E-state index contributed by atoms with van der Waals surface area (Å²) in [5.74, 6) is 0. The highest BCUT2D eigenvalue weighted by atomic mass is 15.1. The first-order valence-electron chi connectivity index (χ1n) is 28.6. The zero-order valence-electron chi connectivity index (χ0n) is 47.8. The van der Waals surface area contributed by atoms with Crippen LogP contribution in [0.5, 0.6) is 0 Å². The van der Waals surface area contributed by atoms with Crippen LogP contribution in [-0.4, -0.2) is 11.8 Å². The second-order valence-corrected chi connectivity index (χ2v) is 27.1. The molecule has 2 heterocycles. The minimum Gasteiger partial charge on any atom is -0.355 e. The Kier molecular flexibility index (Phi) is 10.5. The molecule has 9 aromatic carbocycles. The average molecular weight is 1010 g/mol. The molecule has 0 saturated heterocycles. The van der Waals surface area contributed by atoms with E-state index in [1.165, 1.54) is 129 Å². The van der Waals surface area contributed by atoms with Gasteiger partial charge in [0.15, 0.2) is 7.28 Å². The molecule has 385 valence electrons. The van der Waals surface area contributed by atoms with Gasteiger partial charge in [0.1, 0.15) is 0 Å². The zero-order chi connectivity index (χ0) is 54.0. The third kappa shape index (κ3) is 7.31. The highest BCUT2D eigenvalue weighted by molar-refractivity contribution is 6.74. The van der Waals surface area contributed by atoms with Crippen molar-refractivity contribution >= 4 is 68.4 Å². The van der Waals surface area contributed by atoms with Gasteiger partial charge in [-0.3, -0.25) is 0 Å². The number of anilines is 5. The van der Waals surface area contributed by atoms with Crippen molar-refractivity contribution in [3.05, 3.63) is 214 Å². The molecule has 3 nitrogen and oxygen atoms in total. The molecule has 1 aliphatic heterocycles. The van der Waals surface area contributed by atoms with E-state index in [0.717, 1.165) is 34.9 Å². The maximum atomic E-state index is 4.16. The molecule has 0 unspecified atom stereocenters. The van der Waals surface area contributed by atoms with E-state index in [1.807, 2.05) is 0 Å². The number of hydrogen-bond donors (Lipinski definition) is 1. The van der Waals surface area contributed by atoms with Gasteiger partial charge in [-0.1, -0.05) is 180 Å². The molecule has 0 saturated carbocycles. The second kappa shape index (κ2) is 16.7. The van der Waals surface area contributed by atoms with Gasteiger partial charge in [-0.25, -0.2) is 0 Å².